The van der Waals surface area contributed by atoms with Crippen molar-refractivity contribution in [2.24, 2.45) is 5.41 Å². The molecule has 1 aliphatic carbocycles. The van der Waals surface area contributed by atoms with Gasteiger partial charge in [0.15, 0.2) is 0 Å². The molecule has 0 aliphatic heterocycles. The number of rotatable bonds is 3. The first kappa shape index (κ1) is 6.75. The molecule has 0 amide bonds. The highest BCUT2D eigenvalue weighted by atomic mass is 16.5. The van der Waals surface area contributed by atoms with Crippen molar-refractivity contribution in [3.8, 4) is 0 Å². The van der Waals surface area contributed by atoms with Crippen LogP contribution in [0, 0.1) is 5.41 Å². The fraction of sp³-hybridized carbons (Fsp3) is 0.857. The van der Waals surface area contributed by atoms with Gasteiger partial charge in [0.25, 0.3) is 0 Å². The molecule has 1 aliphatic rings. The minimum atomic E-state index is -0.102. The van der Waals surface area contributed by atoms with Gasteiger partial charge in [0.1, 0.15) is 6.29 Å². The van der Waals surface area contributed by atoms with Crippen LogP contribution in [0.25, 0.3) is 0 Å². The molecule has 0 aromatic heterocycles. The summed E-state index contributed by atoms with van der Waals surface area (Å²) in [5.41, 5.74) is -0.102. The van der Waals surface area contributed by atoms with Crippen LogP contribution in [0.3, 0.4) is 0 Å². The van der Waals surface area contributed by atoms with E-state index in [0.717, 1.165) is 19.1 Å². The van der Waals surface area contributed by atoms with Crippen molar-refractivity contribution in [3.05, 3.63) is 0 Å². The third kappa shape index (κ3) is 0.990. The molecule has 0 aromatic rings. The lowest BCUT2D eigenvalue weighted by atomic mass is 10.0. The zero-order valence-electron chi connectivity index (χ0n) is 5.89. The van der Waals surface area contributed by atoms with Crippen LogP contribution >= 0.6 is 0 Å². The summed E-state index contributed by atoms with van der Waals surface area (Å²) in [4.78, 5) is 10.4. The maximum atomic E-state index is 10.4. The van der Waals surface area contributed by atoms with E-state index in [-0.39, 0.29) is 11.5 Å². The average molecular weight is 128 g/mol. The molecule has 1 atom stereocenters. The molecule has 2 nitrogen and oxygen atoms in total. The largest absolute Gasteiger partial charge is 0.381 e. The lowest BCUT2D eigenvalue weighted by Gasteiger charge is -2.14. The van der Waals surface area contributed by atoms with Gasteiger partial charge in [-0.15, -0.1) is 0 Å². The maximum absolute atomic E-state index is 10.4. The number of methoxy groups -OCH3 is 1. The van der Waals surface area contributed by atoms with Crippen LogP contribution in [0.1, 0.15) is 19.8 Å². The van der Waals surface area contributed by atoms with Gasteiger partial charge in [-0.25, -0.2) is 0 Å². The Morgan fingerprint density at radius 2 is 2.22 bits per heavy atom. The first-order valence-electron chi connectivity index (χ1n) is 3.24. The summed E-state index contributed by atoms with van der Waals surface area (Å²) in [7, 11) is 1.65. The Labute approximate surface area is 55.2 Å². The molecule has 0 heterocycles. The van der Waals surface area contributed by atoms with E-state index in [1.165, 1.54) is 0 Å². The fourth-order valence-corrected chi connectivity index (χ4v) is 0.999. The molecule has 1 saturated carbocycles. The lowest BCUT2D eigenvalue weighted by Crippen LogP contribution is -2.21. The van der Waals surface area contributed by atoms with E-state index in [4.69, 9.17) is 4.74 Å². The molecule has 0 bridgehead atoms. The van der Waals surface area contributed by atoms with Crippen LogP contribution in [0.4, 0.5) is 0 Å². The van der Waals surface area contributed by atoms with E-state index in [2.05, 4.69) is 0 Å². The summed E-state index contributed by atoms with van der Waals surface area (Å²) in [6.07, 6.45) is 3.15. The molecule has 0 saturated heterocycles. The monoisotopic (exact) mass is 128 g/mol. The highest BCUT2D eigenvalue weighted by molar-refractivity contribution is 5.64. The second kappa shape index (κ2) is 2.10. The molecule has 1 unspecified atom stereocenters. The minimum Gasteiger partial charge on any atom is -0.381 e. The van der Waals surface area contributed by atoms with Crippen molar-refractivity contribution in [2.75, 3.05) is 7.11 Å². The summed E-state index contributed by atoms with van der Waals surface area (Å²) < 4.78 is 5.04. The zero-order valence-corrected chi connectivity index (χ0v) is 5.89. The number of hydrogen-bond acceptors (Lipinski definition) is 2. The van der Waals surface area contributed by atoms with Crippen LogP contribution in [0.5, 0.6) is 0 Å². The van der Waals surface area contributed by atoms with Gasteiger partial charge in [0.05, 0.1) is 11.5 Å². The Hall–Kier alpha value is -0.370. The molecule has 52 valence electrons. The van der Waals surface area contributed by atoms with Gasteiger partial charge in [0, 0.05) is 7.11 Å². The van der Waals surface area contributed by atoms with Crippen molar-refractivity contribution < 1.29 is 9.53 Å². The Balaban J connectivity index is 2.48. The molecule has 0 N–H and O–H groups in total. The van der Waals surface area contributed by atoms with E-state index in [9.17, 15) is 4.79 Å². The normalized spacial score (nSPS) is 25.1. The van der Waals surface area contributed by atoms with E-state index in [1.54, 1.807) is 7.11 Å². The van der Waals surface area contributed by atoms with Gasteiger partial charge >= 0.3 is 0 Å². The van der Waals surface area contributed by atoms with Crippen LogP contribution in [0.2, 0.25) is 0 Å². The first-order valence-corrected chi connectivity index (χ1v) is 3.24. The number of carbonyl (C=O) groups excluding carboxylic acids is 1. The second-order valence-electron chi connectivity index (χ2n) is 2.73. The molecular formula is C7H12O2. The molecule has 2 heteroatoms. The third-order valence-corrected chi connectivity index (χ3v) is 2.23. The van der Waals surface area contributed by atoms with E-state index in [0.29, 0.717) is 0 Å². The van der Waals surface area contributed by atoms with Crippen molar-refractivity contribution >= 4 is 6.29 Å². The number of hydrogen-bond donors (Lipinski definition) is 0. The first-order chi connectivity index (χ1) is 4.25. The second-order valence-corrected chi connectivity index (χ2v) is 2.73. The van der Waals surface area contributed by atoms with E-state index >= 15 is 0 Å². The van der Waals surface area contributed by atoms with Crippen molar-refractivity contribution in [1.29, 1.82) is 0 Å². The summed E-state index contributed by atoms with van der Waals surface area (Å²) in [6.45, 7) is 1.95. The highest BCUT2D eigenvalue weighted by Crippen LogP contribution is 2.47. The number of ether oxygens (including phenoxy) is 1. The quantitative estimate of drug-likeness (QED) is 0.530. The molecule has 0 aromatic carbocycles. The van der Waals surface area contributed by atoms with Crippen molar-refractivity contribution in [2.45, 2.75) is 25.9 Å². The average Bonchev–Trinajstić information content (AvgIpc) is 2.66. The predicted octanol–water partition coefficient (Wildman–Crippen LogP) is 1.00. The summed E-state index contributed by atoms with van der Waals surface area (Å²) in [5, 5.41) is 0. The summed E-state index contributed by atoms with van der Waals surface area (Å²) in [5.74, 6) is 0. The Kier molecular flexibility index (Phi) is 1.58. The molecule has 9 heavy (non-hydrogen) atoms. The highest BCUT2D eigenvalue weighted by Gasteiger charge is 2.47. The lowest BCUT2D eigenvalue weighted by molar-refractivity contribution is -0.116. The fourth-order valence-electron chi connectivity index (χ4n) is 0.999. The summed E-state index contributed by atoms with van der Waals surface area (Å²) in [6, 6.07) is 0. The molecular weight excluding hydrogens is 116 g/mol. The number of carbonyl (C=O) groups is 1. The van der Waals surface area contributed by atoms with Gasteiger partial charge in [-0.1, -0.05) is 0 Å². The van der Waals surface area contributed by atoms with Crippen molar-refractivity contribution in [3.63, 3.8) is 0 Å². The number of aldehydes is 1. The Bertz CT molecular complexity index is 116. The van der Waals surface area contributed by atoms with Crippen LogP contribution in [-0.2, 0) is 9.53 Å². The predicted molar refractivity (Wildman–Crippen MR) is 34.2 cm³/mol. The molecule has 0 spiro atoms. The Morgan fingerprint density at radius 3 is 2.33 bits per heavy atom. The standard InChI is InChI=1S/C7H12O2/c1-6(9-2)7(5-8)3-4-7/h5-6H,3-4H2,1-2H3. The zero-order chi connectivity index (χ0) is 6.91. The van der Waals surface area contributed by atoms with Gasteiger partial charge < -0.3 is 9.53 Å². The summed E-state index contributed by atoms with van der Waals surface area (Å²) >= 11 is 0. The van der Waals surface area contributed by atoms with Crippen LogP contribution in [-0.4, -0.2) is 19.5 Å². The van der Waals surface area contributed by atoms with Crippen LogP contribution in [0.15, 0.2) is 0 Å². The topological polar surface area (TPSA) is 26.3 Å². The minimum absolute atomic E-state index is 0.102. The van der Waals surface area contributed by atoms with Gasteiger partial charge in [-0.2, -0.15) is 0 Å². The Morgan fingerprint density at radius 1 is 1.67 bits per heavy atom. The van der Waals surface area contributed by atoms with Crippen molar-refractivity contribution in [1.82, 2.24) is 0 Å². The molecule has 1 fully saturated rings. The SMILES string of the molecule is COC(C)C1(C=O)CC1. The smallest absolute Gasteiger partial charge is 0.128 e. The molecule has 1 rings (SSSR count). The van der Waals surface area contributed by atoms with Gasteiger partial charge in [0.2, 0.25) is 0 Å². The van der Waals surface area contributed by atoms with E-state index in [1.807, 2.05) is 6.92 Å². The van der Waals surface area contributed by atoms with E-state index < -0.39 is 0 Å². The van der Waals surface area contributed by atoms with Gasteiger partial charge in [-0.05, 0) is 19.8 Å². The van der Waals surface area contributed by atoms with Crippen LogP contribution < -0.4 is 0 Å². The molecule has 0 radical (unpaired) electrons. The van der Waals surface area contributed by atoms with Gasteiger partial charge in [-0.3, -0.25) is 0 Å². The maximum Gasteiger partial charge on any atom is 0.128 e. The third-order valence-electron chi connectivity index (χ3n) is 2.23.